The molecule has 3 aromatic rings. The number of halogens is 1. The molecule has 0 unspecified atom stereocenters. The van der Waals surface area contributed by atoms with Gasteiger partial charge >= 0.3 is 0 Å². The zero-order valence-corrected chi connectivity index (χ0v) is 27.3. The van der Waals surface area contributed by atoms with Crippen molar-refractivity contribution >= 4 is 29.2 Å². The first kappa shape index (κ1) is 40.5. The summed E-state index contributed by atoms with van der Waals surface area (Å²) in [7, 11) is 2.13. The number of nitrogens with one attached hydrogen (secondary N) is 1. The molecule has 0 atom stereocenters. The Kier molecular flexibility index (Phi) is 23.3. The summed E-state index contributed by atoms with van der Waals surface area (Å²) in [4.78, 5) is 16.5. The number of hydrogen-bond donors (Lipinski definition) is 1. The lowest BCUT2D eigenvalue weighted by Crippen LogP contribution is -3.00. The predicted octanol–water partition coefficient (Wildman–Crippen LogP) is 5.03. The molecule has 3 aromatic carbocycles. The largest absolute Gasteiger partial charge is 1.00 e. The van der Waals surface area contributed by atoms with Crippen LogP contribution in [0.3, 0.4) is 0 Å². The van der Waals surface area contributed by atoms with Gasteiger partial charge in [-0.25, -0.2) is 9.57 Å². The first-order chi connectivity index (χ1) is 21.1. The van der Waals surface area contributed by atoms with Crippen molar-refractivity contribution in [2.45, 2.75) is 47.5 Å². The summed E-state index contributed by atoms with van der Waals surface area (Å²) >= 11 is 0. The molecule has 1 heterocycles. The number of amides is 1. The maximum Gasteiger partial charge on any atom is 0.227 e. The summed E-state index contributed by atoms with van der Waals surface area (Å²) in [6, 6.07) is 30.2. The second-order valence-electron chi connectivity index (χ2n) is 9.51. The van der Waals surface area contributed by atoms with Gasteiger partial charge in [-0.2, -0.15) is 0 Å². The highest BCUT2D eigenvalue weighted by Gasteiger charge is 2.14. The molecular weight excluding hydrogens is 574 g/mol. The van der Waals surface area contributed by atoms with Gasteiger partial charge in [0.05, 0.1) is 0 Å². The van der Waals surface area contributed by atoms with E-state index in [4.69, 9.17) is 0 Å². The summed E-state index contributed by atoms with van der Waals surface area (Å²) < 4.78 is 2.28. The summed E-state index contributed by atoms with van der Waals surface area (Å²) in [5.41, 5.74) is 4.68. The lowest BCUT2D eigenvalue weighted by molar-refractivity contribution is -0.487. The highest BCUT2D eigenvalue weighted by molar-refractivity contribution is 5.93. The van der Waals surface area contributed by atoms with E-state index in [-0.39, 0.29) is 25.7 Å². The molecule has 4 rings (SSSR count). The third-order valence-electron chi connectivity index (χ3n) is 6.32. The fourth-order valence-corrected chi connectivity index (χ4v) is 4.13. The molecule has 1 aliphatic rings. The summed E-state index contributed by atoms with van der Waals surface area (Å²) in [5.74, 6) is -0.00507. The first-order valence-corrected chi connectivity index (χ1v) is 15.1. The van der Waals surface area contributed by atoms with Crippen LogP contribution in [0.4, 0.5) is 11.4 Å². The van der Waals surface area contributed by atoms with E-state index in [0.29, 0.717) is 0 Å². The first-order valence-electron chi connectivity index (χ1n) is 15.1. The van der Waals surface area contributed by atoms with Crippen LogP contribution in [0.25, 0.3) is 0 Å². The number of benzene rings is 3. The lowest BCUT2D eigenvalue weighted by atomic mass is 10.1. The third kappa shape index (κ3) is 17.4. The average molecular weight is 625 g/mol. The maximum absolute atomic E-state index is 11.7. The fourth-order valence-electron chi connectivity index (χ4n) is 4.13. The minimum Gasteiger partial charge on any atom is -1.00 e. The molecule has 0 bridgehead atoms. The van der Waals surface area contributed by atoms with Gasteiger partial charge in [-0.15, -0.1) is 0 Å². The quantitative estimate of drug-likeness (QED) is 0.192. The van der Waals surface area contributed by atoms with Crippen LogP contribution < -0.4 is 22.3 Å². The molecule has 0 aromatic heterocycles. The molecular formula is C40H51ClN3O+. The Morgan fingerprint density at radius 3 is 1.98 bits per heavy atom. The zero-order chi connectivity index (χ0) is 31.0. The van der Waals surface area contributed by atoms with Gasteiger partial charge in [0.1, 0.15) is 13.6 Å². The van der Waals surface area contributed by atoms with E-state index in [1.165, 1.54) is 17.7 Å². The van der Waals surface area contributed by atoms with E-state index in [2.05, 4.69) is 59.1 Å². The monoisotopic (exact) mass is 624 g/mol. The van der Waals surface area contributed by atoms with Crippen LogP contribution in [0, 0.1) is 0 Å². The third-order valence-corrected chi connectivity index (χ3v) is 6.32. The van der Waals surface area contributed by atoms with Crippen molar-refractivity contribution in [3.63, 3.8) is 0 Å². The van der Waals surface area contributed by atoms with Crippen molar-refractivity contribution in [1.29, 1.82) is 0 Å². The van der Waals surface area contributed by atoms with E-state index in [0.717, 1.165) is 30.8 Å². The molecule has 0 fully saturated rings. The Morgan fingerprint density at radius 2 is 1.38 bits per heavy atom. The molecule has 1 aliphatic heterocycles. The van der Waals surface area contributed by atoms with Gasteiger partial charge in [-0.3, -0.25) is 9.69 Å². The van der Waals surface area contributed by atoms with Crippen LogP contribution in [-0.2, 0) is 11.2 Å². The van der Waals surface area contributed by atoms with E-state index in [1.54, 1.807) is 18.0 Å². The zero-order valence-electron chi connectivity index (χ0n) is 26.5. The Bertz CT molecular complexity index is 1400. The molecule has 0 saturated heterocycles. The van der Waals surface area contributed by atoms with E-state index >= 15 is 0 Å². The summed E-state index contributed by atoms with van der Waals surface area (Å²) in [5, 5.41) is 0. The minimum atomic E-state index is -0.00507. The van der Waals surface area contributed by atoms with Gasteiger partial charge in [0, 0.05) is 55.9 Å². The molecule has 0 radical (unpaired) electrons. The molecule has 45 heavy (non-hydrogen) atoms. The predicted molar refractivity (Wildman–Crippen MR) is 192 cm³/mol. The molecule has 5 heteroatoms. The van der Waals surface area contributed by atoms with Gasteiger partial charge in [0.25, 0.3) is 0 Å². The summed E-state index contributed by atoms with van der Waals surface area (Å²) in [6.07, 6.45) is 25.3. The van der Waals surface area contributed by atoms with Crippen molar-refractivity contribution in [1.82, 2.24) is 0 Å². The van der Waals surface area contributed by atoms with Gasteiger partial charge in [-0.1, -0.05) is 124 Å². The van der Waals surface area contributed by atoms with Crippen molar-refractivity contribution in [3.8, 4) is 0 Å². The van der Waals surface area contributed by atoms with Gasteiger partial charge in [0.2, 0.25) is 11.6 Å². The number of allylic oxidation sites excluding steroid dienone is 9. The minimum absolute atomic E-state index is 0. The summed E-state index contributed by atoms with van der Waals surface area (Å²) in [6.45, 7) is 6.71. The van der Waals surface area contributed by atoms with Crippen LogP contribution in [0.5, 0.6) is 0 Å². The molecule has 0 spiro atoms. The number of anilines is 1. The number of para-hydroxylation sites is 2. The van der Waals surface area contributed by atoms with Crippen molar-refractivity contribution < 1.29 is 26.8 Å². The van der Waals surface area contributed by atoms with E-state index < -0.39 is 0 Å². The SMILES string of the molecule is C.C(/C=C/C=C/Cc1ccccc1)=[NH+]c1ccccc1.CC.CC(=O)N(/C=C/C=C/C=C/C1=[N+](C)CCC1)c1ccccc1.[Cl-]. The van der Waals surface area contributed by atoms with Crippen molar-refractivity contribution in [3.05, 3.63) is 157 Å². The van der Waals surface area contributed by atoms with Crippen molar-refractivity contribution in [2.75, 3.05) is 18.5 Å². The smallest absolute Gasteiger partial charge is 0.227 e. The normalized spacial score (nSPS) is 12.7. The maximum atomic E-state index is 11.7. The molecule has 4 nitrogen and oxygen atoms in total. The highest BCUT2D eigenvalue weighted by Crippen LogP contribution is 2.13. The average Bonchev–Trinajstić information content (AvgIpc) is 3.47. The Balaban J connectivity index is 0.000000789. The van der Waals surface area contributed by atoms with Gasteiger partial charge in [0.15, 0.2) is 11.9 Å². The number of carbonyl (C=O) groups is 1. The second-order valence-corrected chi connectivity index (χ2v) is 9.51. The van der Waals surface area contributed by atoms with Crippen LogP contribution in [0.1, 0.15) is 46.6 Å². The Labute approximate surface area is 278 Å². The topological polar surface area (TPSA) is 37.3 Å². The fraction of sp³-hybridized carbons (Fsp3) is 0.225. The lowest BCUT2D eigenvalue weighted by Gasteiger charge is -2.15. The molecule has 1 amide bonds. The van der Waals surface area contributed by atoms with Gasteiger partial charge < -0.3 is 12.4 Å². The van der Waals surface area contributed by atoms with Crippen LogP contribution >= 0.6 is 0 Å². The van der Waals surface area contributed by atoms with Crippen LogP contribution in [-0.4, -0.2) is 36.0 Å². The second kappa shape index (κ2) is 25.9. The molecule has 1 N–H and O–H groups in total. The number of rotatable bonds is 10. The number of carbonyl (C=O) groups excluding carboxylic acids is 1. The van der Waals surface area contributed by atoms with E-state index in [9.17, 15) is 4.79 Å². The highest BCUT2D eigenvalue weighted by atomic mass is 35.5. The van der Waals surface area contributed by atoms with Crippen LogP contribution in [0.2, 0.25) is 0 Å². The molecule has 238 valence electrons. The molecule has 0 aliphatic carbocycles. The van der Waals surface area contributed by atoms with Crippen molar-refractivity contribution in [2.24, 2.45) is 0 Å². The molecule has 0 saturated carbocycles. The Hall–Kier alpha value is -4.54. The van der Waals surface area contributed by atoms with Crippen LogP contribution in [0.15, 0.2) is 152 Å². The Morgan fingerprint density at radius 1 is 0.800 bits per heavy atom. The van der Waals surface area contributed by atoms with Gasteiger partial charge in [-0.05, 0) is 30.2 Å². The number of nitrogens with zero attached hydrogens (tertiary/aromatic N) is 2. The number of hydrogen-bond acceptors (Lipinski definition) is 1. The standard InChI is InChI=1S/C19H23N2O.C18H17N.C2H6.CH4.ClH/c1-17(22)21(19-12-7-5-8-13-19)16-9-4-3-6-11-18-14-10-15-20(18)2;1(5-11-17-12-6-3-7-13-17)2-10-16-19-18-14-8-4-9-15-18;1-2;;/h3-9,11-13,16H,10,14-15H2,1-2H3;1-10,12-16H,11H2;1-2H3;1H4;1H/q+1;;;;/b;5-1+,10-2+,19-16?;;;. The van der Waals surface area contributed by atoms with E-state index in [1.807, 2.05) is 123 Å².